The predicted octanol–water partition coefficient (Wildman–Crippen LogP) is 13.2. The first-order valence-corrected chi connectivity index (χ1v) is 25.8. The Bertz CT molecular complexity index is 3700. The zero-order chi connectivity index (χ0) is 58.0. The Kier molecular flexibility index (Phi) is 15.5. The van der Waals surface area contributed by atoms with Gasteiger partial charge in [0.15, 0.2) is 18.0 Å². The van der Waals surface area contributed by atoms with Crippen LogP contribution in [0.3, 0.4) is 0 Å². The van der Waals surface area contributed by atoms with Gasteiger partial charge in [-0.05, 0) is 136 Å². The lowest BCUT2D eigenvalue weighted by molar-refractivity contribution is -0.152. The van der Waals surface area contributed by atoms with Crippen LogP contribution in [0.1, 0.15) is 94.3 Å². The third-order valence-electron chi connectivity index (χ3n) is 13.6. The fourth-order valence-electron chi connectivity index (χ4n) is 10.1. The minimum Gasteiger partial charge on any atom is -0.508 e. The quantitative estimate of drug-likeness (QED) is 0.0772. The van der Waals surface area contributed by atoms with Crippen LogP contribution in [0.4, 0.5) is 22.7 Å². The number of rotatable bonds is 7. The minimum atomic E-state index is -1.17. The van der Waals surface area contributed by atoms with Crippen LogP contribution in [0.5, 0.6) is 40.2 Å². The minimum absolute atomic E-state index is 0.0577. The summed E-state index contributed by atoms with van der Waals surface area (Å²) in [5.74, 6) is 1.49. The van der Waals surface area contributed by atoms with E-state index >= 15 is 0 Å². The summed E-state index contributed by atoms with van der Waals surface area (Å²) in [5, 5.41) is 27.1. The van der Waals surface area contributed by atoms with E-state index in [2.05, 4.69) is 4.90 Å². The van der Waals surface area contributed by atoms with Crippen LogP contribution >= 0.6 is 0 Å². The lowest BCUT2D eigenvalue weighted by atomic mass is 9.77. The second-order valence-corrected chi connectivity index (χ2v) is 20.4. The number of benzene rings is 8. The molecule has 4 heterocycles. The number of hydrogen-bond donors (Lipinski definition) is 3. The summed E-state index contributed by atoms with van der Waals surface area (Å²) in [6, 6.07) is 52.2. The third-order valence-corrected chi connectivity index (χ3v) is 13.6. The van der Waals surface area contributed by atoms with Gasteiger partial charge in [-0.25, -0.2) is 9.59 Å². The highest BCUT2D eigenvalue weighted by Gasteiger charge is 2.55. The Morgan fingerprint density at radius 2 is 0.926 bits per heavy atom. The van der Waals surface area contributed by atoms with Crippen molar-refractivity contribution >= 4 is 46.6 Å². The number of phenols is 2. The Hall–Kier alpha value is -9.80. The van der Waals surface area contributed by atoms with Gasteiger partial charge >= 0.3 is 17.9 Å². The molecular weight excluding hydrogens is 1030 g/mol. The SMILES string of the molecule is CC(=O)O.CC(=O)OC(C)(C)C.CN(c1ccc(O)cc1)c1ccc2c(c1)Oc1cc(O)ccc1C21OC(=O)c2ccccc21.COCOc1ccc(N(C)c2ccc3c(c2)Oc2cc(C)ccc2C32OC(=O)c3ccccc32)cc1. The molecule has 2 atom stereocenters. The summed E-state index contributed by atoms with van der Waals surface area (Å²) in [6.45, 7) is 10.2. The molecule has 0 fully saturated rings. The molecule has 0 aromatic heterocycles. The summed E-state index contributed by atoms with van der Waals surface area (Å²) >= 11 is 0. The molecular formula is C65H60N2O14. The number of hydrogen-bond acceptors (Lipinski definition) is 15. The van der Waals surface area contributed by atoms with Crippen molar-refractivity contribution in [3.8, 4) is 40.2 Å². The monoisotopic (exact) mass is 1090 g/mol. The highest BCUT2D eigenvalue weighted by molar-refractivity contribution is 5.98. The zero-order valence-corrected chi connectivity index (χ0v) is 46.1. The number of esters is 3. The molecule has 0 saturated carbocycles. The average molecular weight is 1090 g/mol. The summed E-state index contributed by atoms with van der Waals surface area (Å²) < 4.78 is 40.3. The maximum absolute atomic E-state index is 13.0. The number of fused-ring (bicyclic) bond motifs is 12. The third kappa shape index (κ3) is 11.1. The van der Waals surface area contributed by atoms with Gasteiger partial charge in [0.2, 0.25) is 0 Å². The van der Waals surface area contributed by atoms with Crippen molar-refractivity contribution in [2.24, 2.45) is 0 Å². The number of carbonyl (C=O) groups is 4. The van der Waals surface area contributed by atoms with E-state index in [0.717, 1.165) is 63.2 Å². The molecule has 16 heteroatoms. The van der Waals surface area contributed by atoms with Gasteiger partial charge in [0, 0.05) is 109 Å². The Morgan fingerprint density at radius 3 is 1.37 bits per heavy atom. The van der Waals surface area contributed by atoms with E-state index in [1.165, 1.54) is 13.0 Å². The molecule has 4 aliphatic rings. The van der Waals surface area contributed by atoms with Gasteiger partial charge in [0.25, 0.3) is 5.97 Å². The van der Waals surface area contributed by atoms with Crippen LogP contribution in [0.15, 0.2) is 170 Å². The number of carboxylic acids is 1. The van der Waals surface area contributed by atoms with Crippen LogP contribution in [-0.4, -0.2) is 72.8 Å². The second-order valence-electron chi connectivity index (χ2n) is 20.4. The van der Waals surface area contributed by atoms with Gasteiger partial charge in [-0.1, -0.05) is 48.5 Å². The van der Waals surface area contributed by atoms with Gasteiger partial charge in [0.05, 0.1) is 11.1 Å². The molecule has 2 unspecified atom stereocenters. The number of ether oxygens (including phenoxy) is 7. The van der Waals surface area contributed by atoms with Gasteiger partial charge < -0.3 is 58.3 Å². The molecule has 81 heavy (non-hydrogen) atoms. The van der Waals surface area contributed by atoms with E-state index in [-0.39, 0.29) is 35.8 Å². The number of anilines is 4. The fourth-order valence-corrected chi connectivity index (χ4v) is 10.1. The van der Waals surface area contributed by atoms with Crippen LogP contribution in [-0.2, 0) is 39.7 Å². The highest BCUT2D eigenvalue weighted by Crippen LogP contribution is 2.59. The molecule has 0 radical (unpaired) electrons. The van der Waals surface area contributed by atoms with Crippen LogP contribution in [0.25, 0.3) is 0 Å². The number of nitrogens with zero attached hydrogens (tertiary/aromatic N) is 2. The second kappa shape index (κ2) is 22.5. The first-order valence-electron chi connectivity index (χ1n) is 25.8. The van der Waals surface area contributed by atoms with Gasteiger partial charge in [-0.2, -0.15) is 0 Å². The molecule has 2 spiro atoms. The summed E-state index contributed by atoms with van der Waals surface area (Å²) in [5.41, 5.74) is 7.82. The summed E-state index contributed by atoms with van der Waals surface area (Å²) in [6.07, 6.45) is 0. The van der Waals surface area contributed by atoms with E-state index in [1.807, 2.05) is 180 Å². The van der Waals surface area contributed by atoms with Crippen LogP contribution in [0, 0.1) is 6.92 Å². The van der Waals surface area contributed by atoms with Gasteiger partial charge in [-0.15, -0.1) is 0 Å². The molecule has 0 aliphatic carbocycles. The van der Waals surface area contributed by atoms with Gasteiger partial charge in [-0.3, -0.25) is 9.59 Å². The zero-order valence-electron chi connectivity index (χ0n) is 46.1. The number of aryl methyl sites for hydroxylation is 1. The number of phenolic OH excluding ortho intramolecular Hbond substituents is 2. The van der Waals surface area contributed by atoms with Crippen LogP contribution < -0.4 is 24.0 Å². The molecule has 8 aromatic carbocycles. The van der Waals surface area contributed by atoms with E-state index in [0.29, 0.717) is 45.3 Å². The van der Waals surface area contributed by atoms with Gasteiger partial charge in [0.1, 0.15) is 45.8 Å². The molecule has 4 aliphatic heterocycles. The van der Waals surface area contributed by atoms with E-state index in [1.54, 1.807) is 37.4 Å². The van der Waals surface area contributed by atoms with E-state index in [4.69, 9.17) is 43.1 Å². The first-order chi connectivity index (χ1) is 38.6. The molecule has 0 amide bonds. The lowest BCUT2D eigenvalue weighted by Crippen LogP contribution is -2.33. The lowest BCUT2D eigenvalue weighted by Gasteiger charge is -2.37. The molecule has 16 nitrogen and oxygen atoms in total. The Morgan fingerprint density at radius 1 is 0.531 bits per heavy atom. The van der Waals surface area contributed by atoms with Crippen molar-refractivity contribution in [1.29, 1.82) is 0 Å². The van der Waals surface area contributed by atoms with Crippen molar-refractivity contribution in [1.82, 2.24) is 0 Å². The number of methoxy groups -OCH3 is 1. The Balaban J connectivity index is 0.000000164. The van der Waals surface area contributed by atoms with E-state index in [9.17, 15) is 24.6 Å². The van der Waals surface area contributed by atoms with Crippen molar-refractivity contribution in [3.63, 3.8) is 0 Å². The van der Waals surface area contributed by atoms with E-state index < -0.39 is 23.1 Å². The molecule has 0 saturated heterocycles. The molecule has 414 valence electrons. The van der Waals surface area contributed by atoms with Crippen molar-refractivity contribution in [3.05, 3.63) is 220 Å². The molecule has 0 bridgehead atoms. The summed E-state index contributed by atoms with van der Waals surface area (Å²) in [7, 11) is 5.50. The highest BCUT2D eigenvalue weighted by atomic mass is 16.7. The maximum atomic E-state index is 13.0. The summed E-state index contributed by atoms with van der Waals surface area (Å²) in [4.78, 5) is 49.1. The predicted molar refractivity (Wildman–Crippen MR) is 304 cm³/mol. The smallest absolute Gasteiger partial charge is 0.340 e. The van der Waals surface area contributed by atoms with Crippen LogP contribution in [0.2, 0.25) is 0 Å². The standard InChI is InChI=1S/C30H25NO5.C27H19NO5.C6H12O2.C2H4O2/c1-19-8-14-25-27(16-19)35-28-17-21(31(2)20-9-12-22(13-10-20)34-18-33-3)11-15-26(28)30(25)24-7-5-4-6-23(24)29(32)36-30;1-28(16-6-9-18(29)10-7-16)17-8-12-22-24(14-17)32-25-15-19(30)11-13-23(25)27(22)21-5-3-2-4-20(21)26(31)33-27;1-5(7)8-6(2,3)4;1-2(3)4/h4-17H,18H2,1-3H3;2-15,29-30H,1H3;1-4H3;1H3,(H,3,4). The maximum Gasteiger partial charge on any atom is 0.340 e. The average Bonchev–Trinajstić information content (AvgIpc) is 4.11. The number of carboxylic acid groups (broad SMARTS) is 1. The number of carbonyl (C=O) groups excluding carboxylic acids is 3. The fraction of sp³-hybridized carbons (Fsp3) is 0.200. The molecule has 3 N–H and O–H groups in total. The molecule has 12 rings (SSSR count). The number of aromatic hydroxyl groups is 2. The Labute approximate surface area is 468 Å². The largest absolute Gasteiger partial charge is 0.508 e. The van der Waals surface area contributed by atoms with Crippen molar-refractivity contribution in [2.45, 2.75) is 58.3 Å². The van der Waals surface area contributed by atoms with Crippen molar-refractivity contribution in [2.75, 3.05) is 37.8 Å². The molecule has 8 aromatic rings. The normalized spacial score (nSPS) is 16.1. The van der Waals surface area contributed by atoms with Crippen molar-refractivity contribution < 1.29 is 67.7 Å². The topological polar surface area (TPSA) is 200 Å². The first kappa shape index (κ1) is 55.9. The number of aliphatic carboxylic acids is 1.